The minimum absolute atomic E-state index is 0.278. The molecule has 1 heterocycles. The third-order valence-electron chi connectivity index (χ3n) is 3.99. The van der Waals surface area contributed by atoms with Crippen LogP contribution in [0.5, 0.6) is 0 Å². The van der Waals surface area contributed by atoms with E-state index in [1.807, 2.05) is 41.9 Å². The fourth-order valence-electron chi connectivity index (χ4n) is 2.47. The van der Waals surface area contributed by atoms with Gasteiger partial charge >= 0.3 is 0 Å². The molecule has 1 aromatic heterocycles. The number of aromatic nitrogens is 3. The first-order chi connectivity index (χ1) is 12.8. The highest BCUT2D eigenvalue weighted by Crippen LogP contribution is 2.29. The molecular formula is C18H19ClN4O2S2. The highest BCUT2D eigenvalue weighted by molar-refractivity contribution is 7.98. The standard InChI is InChI=1S/C18H19ClN4O2S2/c1-22(2)27(24,25)14-8-6-7-13(11-14)12-26-18-21-20-17(23(18)3)15-9-4-5-10-16(15)19/h4-11H,12H2,1-3H3. The molecule has 0 radical (unpaired) electrons. The fraction of sp³-hybridized carbons (Fsp3) is 0.222. The average molecular weight is 423 g/mol. The van der Waals surface area contributed by atoms with Crippen LogP contribution in [0.1, 0.15) is 5.56 Å². The summed E-state index contributed by atoms with van der Waals surface area (Å²) in [5, 5.41) is 9.83. The van der Waals surface area contributed by atoms with Crippen LogP contribution in [0.15, 0.2) is 58.6 Å². The van der Waals surface area contributed by atoms with E-state index < -0.39 is 10.0 Å². The monoisotopic (exact) mass is 422 g/mol. The van der Waals surface area contributed by atoms with Gasteiger partial charge in [-0.2, -0.15) is 0 Å². The zero-order valence-electron chi connectivity index (χ0n) is 15.1. The maximum atomic E-state index is 12.3. The topological polar surface area (TPSA) is 68.1 Å². The molecule has 0 N–H and O–H groups in total. The molecule has 0 saturated carbocycles. The summed E-state index contributed by atoms with van der Waals surface area (Å²) in [7, 11) is 1.47. The van der Waals surface area contributed by atoms with E-state index in [0.717, 1.165) is 16.3 Å². The Morgan fingerprint density at radius 3 is 2.56 bits per heavy atom. The maximum absolute atomic E-state index is 12.3. The van der Waals surface area contributed by atoms with E-state index in [4.69, 9.17) is 11.6 Å². The van der Waals surface area contributed by atoms with E-state index >= 15 is 0 Å². The predicted octanol–water partition coefficient (Wildman–Crippen LogP) is 3.68. The lowest BCUT2D eigenvalue weighted by atomic mass is 10.2. The zero-order valence-corrected chi connectivity index (χ0v) is 17.5. The van der Waals surface area contributed by atoms with Gasteiger partial charge in [-0.1, -0.05) is 47.6 Å². The van der Waals surface area contributed by atoms with E-state index in [1.165, 1.54) is 30.2 Å². The Balaban J connectivity index is 1.80. The second kappa shape index (κ2) is 8.02. The average Bonchev–Trinajstić information content (AvgIpc) is 3.01. The molecule has 0 fully saturated rings. The van der Waals surface area contributed by atoms with Crippen molar-refractivity contribution in [2.75, 3.05) is 14.1 Å². The normalized spacial score (nSPS) is 11.9. The second-order valence-corrected chi connectivity index (χ2v) is 9.57. The first-order valence-corrected chi connectivity index (χ1v) is 10.9. The Kier molecular flexibility index (Phi) is 5.90. The minimum atomic E-state index is -3.45. The van der Waals surface area contributed by atoms with Crippen LogP contribution in [-0.2, 0) is 22.8 Å². The maximum Gasteiger partial charge on any atom is 0.242 e. The molecule has 0 saturated heterocycles. The highest BCUT2D eigenvalue weighted by atomic mass is 35.5. The molecule has 6 nitrogen and oxygen atoms in total. The number of hydrogen-bond acceptors (Lipinski definition) is 5. The van der Waals surface area contributed by atoms with Crippen LogP contribution in [0.4, 0.5) is 0 Å². The van der Waals surface area contributed by atoms with Gasteiger partial charge in [0.25, 0.3) is 0 Å². The van der Waals surface area contributed by atoms with Crippen molar-refractivity contribution in [1.82, 2.24) is 19.1 Å². The van der Waals surface area contributed by atoms with E-state index in [-0.39, 0.29) is 4.90 Å². The van der Waals surface area contributed by atoms with Crippen molar-refractivity contribution in [2.24, 2.45) is 7.05 Å². The Labute approximate surface area is 168 Å². The molecule has 142 valence electrons. The predicted molar refractivity (Wildman–Crippen MR) is 108 cm³/mol. The SMILES string of the molecule is CN(C)S(=O)(=O)c1cccc(CSc2nnc(-c3ccccc3Cl)n2C)c1. The van der Waals surface area contributed by atoms with Gasteiger partial charge in [0.15, 0.2) is 11.0 Å². The summed E-state index contributed by atoms with van der Waals surface area (Å²) in [6.45, 7) is 0. The molecule has 0 unspecified atom stereocenters. The first kappa shape index (κ1) is 19.9. The van der Waals surface area contributed by atoms with Crippen LogP contribution in [-0.4, -0.2) is 41.6 Å². The van der Waals surface area contributed by atoms with Crippen LogP contribution < -0.4 is 0 Å². The second-order valence-electron chi connectivity index (χ2n) is 6.07. The first-order valence-electron chi connectivity index (χ1n) is 8.09. The van der Waals surface area contributed by atoms with Crippen molar-refractivity contribution in [3.05, 3.63) is 59.1 Å². The Bertz CT molecular complexity index is 1060. The minimum Gasteiger partial charge on any atom is -0.305 e. The van der Waals surface area contributed by atoms with Crippen LogP contribution in [0.3, 0.4) is 0 Å². The van der Waals surface area contributed by atoms with Crippen molar-refractivity contribution < 1.29 is 8.42 Å². The van der Waals surface area contributed by atoms with E-state index in [2.05, 4.69) is 10.2 Å². The van der Waals surface area contributed by atoms with Gasteiger partial charge in [0, 0.05) is 32.5 Å². The lowest BCUT2D eigenvalue weighted by Gasteiger charge is -2.12. The Hall–Kier alpha value is -1.87. The van der Waals surface area contributed by atoms with Gasteiger partial charge in [0.2, 0.25) is 10.0 Å². The summed E-state index contributed by atoms with van der Waals surface area (Å²) in [6.07, 6.45) is 0. The third kappa shape index (κ3) is 4.19. The Morgan fingerprint density at radius 2 is 1.85 bits per heavy atom. The van der Waals surface area contributed by atoms with E-state index in [9.17, 15) is 8.42 Å². The molecule has 27 heavy (non-hydrogen) atoms. The molecule has 0 spiro atoms. The number of nitrogens with zero attached hydrogens (tertiary/aromatic N) is 4. The molecule has 0 aliphatic heterocycles. The van der Waals surface area contributed by atoms with Gasteiger partial charge in [-0.25, -0.2) is 12.7 Å². The largest absolute Gasteiger partial charge is 0.305 e. The molecule has 0 aliphatic rings. The van der Waals surface area contributed by atoms with Crippen molar-refractivity contribution in [3.8, 4) is 11.4 Å². The van der Waals surface area contributed by atoms with Crippen molar-refractivity contribution >= 4 is 33.4 Å². The Morgan fingerprint density at radius 1 is 1.11 bits per heavy atom. The molecule has 0 atom stereocenters. The lowest BCUT2D eigenvalue weighted by molar-refractivity contribution is 0.520. The van der Waals surface area contributed by atoms with E-state index in [1.54, 1.807) is 18.2 Å². The number of benzene rings is 2. The summed E-state index contributed by atoms with van der Waals surface area (Å²) in [5.74, 6) is 1.26. The van der Waals surface area contributed by atoms with Gasteiger partial charge < -0.3 is 4.57 Å². The highest BCUT2D eigenvalue weighted by Gasteiger charge is 2.18. The lowest BCUT2D eigenvalue weighted by Crippen LogP contribution is -2.22. The quantitative estimate of drug-likeness (QED) is 0.567. The number of sulfonamides is 1. The summed E-state index contributed by atoms with van der Waals surface area (Å²) in [6, 6.07) is 14.4. The van der Waals surface area contributed by atoms with Crippen molar-refractivity contribution in [1.29, 1.82) is 0 Å². The zero-order chi connectivity index (χ0) is 19.6. The molecule has 3 rings (SSSR count). The van der Waals surface area contributed by atoms with E-state index in [0.29, 0.717) is 16.6 Å². The number of hydrogen-bond donors (Lipinski definition) is 0. The van der Waals surface area contributed by atoms with Gasteiger partial charge in [-0.05, 0) is 29.8 Å². The number of halogens is 1. The third-order valence-corrected chi connectivity index (χ3v) is 7.23. The molecule has 0 aliphatic carbocycles. The fourth-order valence-corrected chi connectivity index (χ4v) is 4.52. The van der Waals surface area contributed by atoms with Crippen LogP contribution in [0.2, 0.25) is 5.02 Å². The summed E-state index contributed by atoms with van der Waals surface area (Å²) >= 11 is 7.74. The van der Waals surface area contributed by atoms with Crippen molar-refractivity contribution in [2.45, 2.75) is 15.8 Å². The summed E-state index contributed by atoms with van der Waals surface area (Å²) in [4.78, 5) is 0.278. The van der Waals surface area contributed by atoms with Crippen LogP contribution in [0.25, 0.3) is 11.4 Å². The van der Waals surface area contributed by atoms with Gasteiger partial charge in [-0.3, -0.25) is 0 Å². The summed E-state index contributed by atoms with van der Waals surface area (Å²) < 4.78 is 27.7. The van der Waals surface area contributed by atoms with Crippen molar-refractivity contribution in [3.63, 3.8) is 0 Å². The van der Waals surface area contributed by atoms with Gasteiger partial charge in [0.1, 0.15) is 0 Å². The van der Waals surface area contributed by atoms with Crippen LogP contribution >= 0.6 is 23.4 Å². The number of rotatable bonds is 6. The van der Waals surface area contributed by atoms with Gasteiger partial charge in [-0.15, -0.1) is 10.2 Å². The van der Waals surface area contributed by atoms with Crippen LogP contribution in [0, 0.1) is 0 Å². The molecule has 9 heteroatoms. The molecule has 0 bridgehead atoms. The molecule has 0 amide bonds. The van der Waals surface area contributed by atoms with Gasteiger partial charge in [0.05, 0.1) is 9.92 Å². The smallest absolute Gasteiger partial charge is 0.242 e. The number of thioether (sulfide) groups is 1. The molecule has 3 aromatic rings. The summed E-state index contributed by atoms with van der Waals surface area (Å²) in [5.41, 5.74) is 1.71. The molecular weight excluding hydrogens is 404 g/mol. The molecule has 2 aromatic carbocycles.